The molecule has 1 saturated heterocycles. The smallest absolute Gasteiger partial charge is 0.305 e. The van der Waals surface area contributed by atoms with E-state index in [1.165, 1.54) is 11.4 Å². The molecule has 0 spiro atoms. The summed E-state index contributed by atoms with van der Waals surface area (Å²) in [5, 5.41) is 0. The number of nitrogens with two attached hydrogens (primary N) is 1. The average molecular weight is 292 g/mol. The van der Waals surface area contributed by atoms with Gasteiger partial charge in [-0.25, -0.2) is 12.7 Å². The minimum Gasteiger partial charge on any atom is -0.469 e. The molecule has 1 rings (SSSR count). The molecule has 0 aliphatic carbocycles. The molecular formula is C11H20N2O5S. The fraction of sp³-hybridized carbons (Fsp3) is 0.818. The normalized spacial score (nSPS) is 18.2. The van der Waals surface area contributed by atoms with Gasteiger partial charge in [-0.05, 0) is 19.3 Å². The number of primary amides is 1. The van der Waals surface area contributed by atoms with Crippen molar-refractivity contribution in [1.82, 2.24) is 4.31 Å². The molecule has 0 bridgehead atoms. The van der Waals surface area contributed by atoms with E-state index in [4.69, 9.17) is 5.73 Å². The summed E-state index contributed by atoms with van der Waals surface area (Å²) in [6.07, 6.45) is 1.26. The second-order valence-electron chi connectivity index (χ2n) is 4.57. The molecule has 0 saturated carbocycles. The first-order valence-electron chi connectivity index (χ1n) is 6.21. The Balaban J connectivity index is 2.42. The van der Waals surface area contributed by atoms with E-state index in [1.54, 1.807) is 0 Å². The van der Waals surface area contributed by atoms with E-state index in [9.17, 15) is 18.0 Å². The van der Waals surface area contributed by atoms with Gasteiger partial charge in [0.2, 0.25) is 15.9 Å². The maximum absolute atomic E-state index is 12.0. The lowest BCUT2D eigenvalue weighted by Gasteiger charge is -2.29. The van der Waals surface area contributed by atoms with Crippen LogP contribution in [0.2, 0.25) is 0 Å². The minimum atomic E-state index is -3.36. The van der Waals surface area contributed by atoms with Gasteiger partial charge in [0.15, 0.2) is 0 Å². The fourth-order valence-electron chi connectivity index (χ4n) is 2.05. The van der Waals surface area contributed by atoms with Crippen molar-refractivity contribution in [2.75, 3.05) is 26.0 Å². The van der Waals surface area contributed by atoms with E-state index >= 15 is 0 Å². The van der Waals surface area contributed by atoms with Crippen LogP contribution in [0, 0.1) is 5.92 Å². The lowest BCUT2D eigenvalue weighted by Crippen LogP contribution is -2.42. The molecular weight excluding hydrogens is 272 g/mol. The van der Waals surface area contributed by atoms with Gasteiger partial charge < -0.3 is 10.5 Å². The number of esters is 1. The summed E-state index contributed by atoms with van der Waals surface area (Å²) in [5.41, 5.74) is 5.19. The SMILES string of the molecule is COC(=O)CCCS(=O)(=O)N1CCC(C(N)=O)CC1. The third-order valence-corrected chi connectivity index (χ3v) is 5.22. The molecule has 0 aromatic carbocycles. The first kappa shape index (κ1) is 15.9. The molecule has 1 fully saturated rings. The van der Waals surface area contributed by atoms with Crippen molar-refractivity contribution in [2.45, 2.75) is 25.7 Å². The molecule has 0 radical (unpaired) electrons. The van der Waals surface area contributed by atoms with Crippen molar-refractivity contribution in [3.05, 3.63) is 0 Å². The number of ether oxygens (including phenoxy) is 1. The van der Waals surface area contributed by atoms with Gasteiger partial charge in [-0.15, -0.1) is 0 Å². The second-order valence-corrected chi connectivity index (χ2v) is 6.66. The molecule has 1 amide bonds. The van der Waals surface area contributed by atoms with Crippen LogP contribution in [0.15, 0.2) is 0 Å². The van der Waals surface area contributed by atoms with Crippen molar-refractivity contribution >= 4 is 21.9 Å². The van der Waals surface area contributed by atoms with Gasteiger partial charge in [-0.3, -0.25) is 9.59 Å². The Hall–Kier alpha value is -1.15. The minimum absolute atomic E-state index is 0.0800. The summed E-state index contributed by atoms with van der Waals surface area (Å²) in [7, 11) is -2.09. The molecule has 0 aromatic heterocycles. The Labute approximate surface area is 113 Å². The van der Waals surface area contributed by atoms with Crippen LogP contribution in [0.5, 0.6) is 0 Å². The van der Waals surface area contributed by atoms with E-state index in [0.29, 0.717) is 25.9 Å². The van der Waals surface area contributed by atoms with E-state index < -0.39 is 16.0 Å². The summed E-state index contributed by atoms with van der Waals surface area (Å²) in [6.45, 7) is 0.627. The molecule has 8 heteroatoms. The highest BCUT2D eigenvalue weighted by molar-refractivity contribution is 7.89. The van der Waals surface area contributed by atoms with Crippen LogP contribution in [0.4, 0.5) is 0 Å². The quantitative estimate of drug-likeness (QED) is 0.662. The van der Waals surface area contributed by atoms with Gasteiger partial charge in [-0.1, -0.05) is 0 Å². The van der Waals surface area contributed by atoms with Gasteiger partial charge in [0.25, 0.3) is 0 Å². The largest absolute Gasteiger partial charge is 0.469 e. The Morgan fingerprint density at radius 1 is 1.32 bits per heavy atom. The predicted molar refractivity (Wildman–Crippen MR) is 68.5 cm³/mol. The standard InChI is InChI=1S/C11H20N2O5S/c1-18-10(14)3-2-8-19(16,17)13-6-4-9(5-7-13)11(12)15/h9H,2-8H2,1H3,(H2,12,15). The molecule has 110 valence electrons. The monoisotopic (exact) mass is 292 g/mol. The highest BCUT2D eigenvalue weighted by Gasteiger charge is 2.29. The number of amides is 1. The topological polar surface area (TPSA) is 107 Å². The molecule has 19 heavy (non-hydrogen) atoms. The van der Waals surface area contributed by atoms with E-state index in [2.05, 4.69) is 4.74 Å². The number of carbonyl (C=O) groups is 2. The maximum Gasteiger partial charge on any atom is 0.305 e. The number of hydrogen-bond acceptors (Lipinski definition) is 5. The molecule has 2 N–H and O–H groups in total. The van der Waals surface area contributed by atoms with Crippen molar-refractivity contribution in [2.24, 2.45) is 11.7 Å². The third kappa shape index (κ3) is 4.79. The second kappa shape index (κ2) is 6.85. The van der Waals surface area contributed by atoms with Crippen molar-refractivity contribution in [1.29, 1.82) is 0 Å². The number of nitrogens with zero attached hydrogens (tertiary/aromatic N) is 1. The van der Waals surface area contributed by atoms with Crippen LogP contribution in [-0.2, 0) is 24.3 Å². The van der Waals surface area contributed by atoms with Gasteiger partial charge in [0, 0.05) is 25.4 Å². The van der Waals surface area contributed by atoms with Crippen LogP contribution in [0.3, 0.4) is 0 Å². The van der Waals surface area contributed by atoms with Gasteiger partial charge >= 0.3 is 5.97 Å². The first-order chi connectivity index (χ1) is 8.86. The Morgan fingerprint density at radius 3 is 2.37 bits per heavy atom. The third-order valence-electron chi connectivity index (χ3n) is 3.26. The zero-order valence-corrected chi connectivity index (χ0v) is 11.8. The van der Waals surface area contributed by atoms with Crippen LogP contribution in [-0.4, -0.2) is 50.6 Å². The fourth-order valence-corrected chi connectivity index (χ4v) is 3.58. The van der Waals surface area contributed by atoms with Crippen molar-refractivity contribution in [3.63, 3.8) is 0 Å². The highest BCUT2D eigenvalue weighted by atomic mass is 32.2. The van der Waals surface area contributed by atoms with Crippen LogP contribution in [0.1, 0.15) is 25.7 Å². The molecule has 0 unspecified atom stereocenters. The van der Waals surface area contributed by atoms with Crippen LogP contribution in [0.25, 0.3) is 0 Å². The Morgan fingerprint density at radius 2 is 1.89 bits per heavy atom. The number of carbonyl (C=O) groups excluding carboxylic acids is 2. The van der Waals surface area contributed by atoms with Crippen molar-refractivity contribution < 1.29 is 22.7 Å². The Kier molecular flexibility index (Phi) is 5.74. The number of rotatable bonds is 6. The summed E-state index contributed by atoms with van der Waals surface area (Å²) >= 11 is 0. The zero-order chi connectivity index (χ0) is 14.5. The number of hydrogen-bond donors (Lipinski definition) is 1. The zero-order valence-electron chi connectivity index (χ0n) is 11.0. The van der Waals surface area contributed by atoms with E-state index in [-0.39, 0.29) is 30.4 Å². The summed E-state index contributed by atoms with van der Waals surface area (Å²) in [4.78, 5) is 21.9. The first-order valence-corrected chi connectivity index (χ1v) is 7.81. The molecule has 7 nitrogen and oxygen atoms in total. The number of methoxy groups -OCH3 is 1. The van der Waals surface area contributed by atoms with Crippen LogP contribution >= 0.6 is 0 Å². The van der Waals surface area contributed by atoms with E-state index in [1.807, 2.05) is 0 Å². The van der Waals surface area contributed by atoms with Gasteiger partial charge in [-0.2, -0.15) is 0 Å². The van der Waals surface area contributed by atoms with E-state index in [0.717, 1.165) is 0 Å². The summed E-state index contributed by atoms with van der Waals surface area (Å²) in [6, 6.07) is 0. The van der Waals surface area contributed by atoms with Crippen molar-refractivity contribution in [3.8, 4) is 0 Å². The number of piperidine rings is 1. The molecule has 0 aromatic rings. The van der Waals surface area contributed by atoms with Gasteiger partial charge in [0.05, 0.1) is 12.9 Å². The number of sulfonamides is 1. The molecule has 1 aliphatic heterocycles. The molecule has 0 atom stereocenters. The van der Waals surface area contributed by atoms with Gasteiger partial charge in [0.1, 0.15) is 0 Å². The maximum atomic E-state index is 12.0. The lowest BCUT2D eigenvalue weighted by molar-refractivity contribution is -0.140. The Bertz CT molecular complexity index is 426. The molecule has 1 aliphatic rings. The summed E-state index contributed by atoms with van der Waals surface area (Å²) < 4.78 is 29.8. The van der Waals surface area contributed by atoms with Crippen LogP contribution < -0.4 is 5.73 Å². The lowest BCUT2D eigenvalue weighted by atomic mass is 9.98. The summed E-state index contributed by atoms with van der Waals surface area (Å²) in [5.74, 6) is -1.10. The predicted octanol–water partition coefficient (Wildman–Crippen LogP) is -0.533. The molecule has 1 heterocycles. The highest BCUT2D eigenvalue weighted by Crippen LogP contribution is 2.19. The average Bonchev–Trinajstić information content (AvgIpc) is 2.38.